The van der Waals surface area contributed by atoms with Crippen LogP contribution in [-0.4, -0.2) is 63.7 Å². The highest BCUT2D eigenvalue weighted by atomic mass is 32.2. The van der Waals surface area contributed by atoms with Gasteiger partial charge < -0.3 is 18.9 Å². The van der Waals surface area contributed by atoms with Gasteiger partial charge in [0.05, 0.1) is 26.0 Å². The molecule has 0 aliphatic heterocycles. The lowest BCUT2D eigenvalue weighted by molar-refractivity contribution is -0.167. The number of aromatic nitrogens is 3. The van der Waals surface area contributed by atoms with Crippen LogP contribution in [0.5, 0.6) is 11.8 Å². The summed E-state index contributed by atoms with van der Waals surface area (Å²) in [6.07, 6.45) is -0.483. The number of ether oxygens (including phenoxy) is 4. The Kier molecular flexibility index (Phi) is 9.04. The van der Waals surface area contributed by atoms with E-state index in [2.05, 4.69) is 20.3 Å². The lowest BCUT2D eigenvalue weighted by atomic mass is 10.2. The third-order valence-electron chi connectivity index (χ3n) is 4.02. The van der Waals surface area contributed by atoms with Gasteiger partial charge in [-0.3, -0.25) is 10.3 Å². The van der Waals surface area contributed by atoms with E-state index in [1.54, 1.807) is 6.92 Å². The summed E-state index contributed by atoms with van der Waals surface area (Å²) in [6, 6.07) is 2.85. The first kappa shape index (κ1) is 25.2. The number of methoxy groups -OCH3 is 3. The van der Waals surface area contributed by atoms with Crippen LogP contribution in [0, 0.1) is 0 Å². The lowest BCUT2D eigenvalue weighted by Crippen LogP contribution is -2.36. The van der Waals surface area contributed by atoms with Gasteiger partial charge in [-0.2, -0.15) is 9.97 Å². The molecule has 12 nitrogen and oxygen atoms in total. The molecule has 2 aromatic heterocycles. The lowest BCUT2D eigenvalue weighted by Gasteiger charge is -2.22. The van der Waals surface area contributed by atoms with Crippen LogP contribution in [0.1, 0.15) is 25.1 Å². The molecule has 0 aliphatic carbocycles. The maximum atomic E-state index is 13.0. The Morgan fingerprint density at radius 1 is 1.19 bits per heavy atom. The minimum atomic E-state index is -4.40. The molecule has 0 radical (unpaired) electrons. The van der Waals surface area contributed by atoms with Crippen LogP contribution in [-0.2, 0) is 19.5 Å². The Morgan fingerprint density at radius 2 is 1.84 bits per heavy atom. The fraction of sp³-hybridized carbons (Fsp3) is 0.444. The highest BCUT2D eigenvalue weighted by molar-refractivity contribution is 7.90. The van der Waals surface area contributed by atoms with Crippen LogP contribution in [0.2, 0.25) is 0 Å². The number of pyridine rings is 1. The molecule has 2 amide bonds. The highest BCUT2D eigenvalue weighted by Crippen LogP contribution is 2.27. The average molecular weight is 473 g/mol. The van der Waals surface area contributed by atoms with Crippen LogP contribution in [0.4, 0.5) is 15.1 Å². The second-order valence-corrected chi connectivity index (χ2v) is 7.73. The fourth-order valence-corrected chi connectivity index (χ4v) is 3.66. The summed E-state index contributed by atoms with van der Waals surface area (Å²) in [5.74, 6) is -0.0675. The number of halogens is 1. The maximum absolute atomic E-state index is 13.0. The minimum Gasteiger partial charge on any atom is -0.481 e. The fourth-order valence-electron chi connectivity index (χ4n) is 2.54. The molecule has 2 heterocycles. The van der Waals surface area contributed by atoms with E-state index in [4.69, 9.17) is 18.9 Å². The van der Waals surface area contributed by atoms with Crippen LogP contribution >= 0.6 is 0 Å². The normalized spacial score (nSPS) is 13.2. The number of urea groups is 1. The average Bonchev–Trinajstić information content (AvgIpc) is 2.79. The van der Waals surface area contributed by atoms with Gasteiger partial charge in [-0.1, -0.05) is 6.92 Å². The third-order valence-corrected chi connectivity index (χ3v) is 5.40. The van der Waals surface area contributed by atoms with Gasteiger partial charge in [0.25, 0.3) is 10.0 Å². The topological polar surface area (TPSA) is 151 Å². The van der Waals surface area contributed by atoms with Gasteiger partial charge in [-0.05, 0) is 18.6 Å². The number of hydrogen-bond donors (Lipinski definition) is 2. The Balaban J connectivity index is 2.26. The predicted molar refractivity (Wildman–Crippen MR) is 110 cm³/mol. The summed E-state index contributed by atoms with van der Waals surface area (Å²) in [6.45, 7) is 0.765. The summed E-state index contributed by atoms with van der Waals surface area (Å²) < 4.78 is 60.9. The van der Waals surface area contributed by atoms with Crippen molar-refractivity contribution in [1.82, 2.24) is 19.7 Å². The Morgan fingerprint density at radius 3 is 2.38 bits per heavy atom. The molecular weight excluding hydrogens is 449 g/mol. The number of nitrogens with one attached hydrogen (secondary N) is 2. The number of anilines is 1. The van der Waals surface area contributed by atoms with Crippen LogP contribution in [0.3, 0.4) is 0 Å². The molecule has 0 saturated carbocycles. The van der Waals surface area contributed by atoms with Crippen LogP contribution in [0.25, 0.3) is 0 Å². The summed E-state index contributed by atoms with van der Waals surface area (Å²) >= 11 is 0. The Labute approximate surface area is 184 Å². The first-order chi connectivity index (χ1) is 15.3. The first-order valence-electron chi connectivity index (χ1n) is 9.27. The van der Waals surface area contributed by atoms with Crippen molar-refractivity contribution >= 4 is 22.0 Å². The van der Waals surface area contributed by atoms with E-state index in [1.165, 1.54) is 45.7 Å². The van der Waals surface area contributed by atoms with Crippen molar-refractivity contribution in [3.63, 3.8) is 0 Å². The molecule has 2 unspecified atom stereocenters. The molecule has 0 aliphatic rings. The highest BCUT2D eigenvalue weighted by Gasteiger charge is 2.28. The quantitative estimate of drug-likeness (QED) is 0.462. The first-order valence-corrected chi connectivity index (χ1v) is 10.8. The molecule has 0 fully saturated rings. The van der Waals surface area contributed by atoms with Gasteiger partial charge in [0, 0.05) is 13.3 Å². The number of hydrogen-bond acceptors (Lipinski definition) is 10. The van der Waals surface area contributed by atoms with Crippen molar-refractivity contribution in [2.24, 2.45) is 0 Å². The number of rotatable bonds is 11. The molecule has 176 valence electrons. The van der Waals surface area contributed by atoms with Crippen molar-refractivity contribution < 1.29 is 36.6 Å². The molecule has 0 spiro atoms. The van der Waals surface area contributed by atoms with E-state index >= 15 is 0 Å². The SMILES string of the molecule is CCC(OC(CF)OC)c1ncccc1S(=O)(=O)NC(=O)Nc1nc(OC)cc(OC)n1. The second kappa shape index (κ2) is 11.5. The van der Waals surface area contributed by atoms with Gasteiger partial charge >= 0.3 is 6.03 Å². The molecule has 0 aromatic carbocycles. The van der Waals surface area contributed by atoms with Crippen molar-refractivity contribution in [3.05, 3.63) is 30.1 Å². The molecule has 2 N–H and O–H groups in total. The van der Waals surface area contributed by atoms with Crippen molar-refractivity contribution in [2.45, 2.75) is 30.6 Å². The van der Waals surface area contributed by atoms with Crippen molar-refractivity contribution in [2.75, 3.05) is 33.3 Å². The third kappa shape index (κ3) is 6.45. The molecule has 32 heavy (non-hydrogen) atoms. The molecule has 0 bridgehead atoms. The zero-order valence-electron chi connectivity index (χ0n) is 17.9. The summed E-state index contributed by atoms with van der Waals surface area (Å²) in [5, 5.41) is 2.20. The van der Waals surface area contributed by atoms with E-state index in [1.807, 2.05) is 4.72 Å². The van der Waals surface area contributed by atoms with Gasteiger partial charge in [0.15, 0.2) is 6.29 Å². The van der Waals surface area contributed by atoms with Crippen LogP contribution in [0.15, 0.2) is 29.3 Å². The van der Waals surface area contributed by atoms with Crippen LogP contribution < -0.4 is 19.5 Å². The standard InChI is InChI=1S/C18H24FN5O7S/c1-5-11(31-15(10-19)30-4)16-12(7-6-8-20-16)32(26,27)24-18(25)23-17-21-13(28-2)9-14(22-17)29-3/h6-9,11,15H,5,10H2,1-4H3,(H2,21,22,23,24,25). The minimum absolute atomic E-state index is 0.00917. The monoisotopic (exact) mass is 473 g/mol. The van der Waals surface area contributed by atoms with E-state index in [0.29, 0.717) is 0 Å². The zero-order chi connectivity index (χ0) is 23.7. The zero-order valence-corrected chi connectivity index (χ0v) is 18.7. The molecule has 0 saturated heterocycles. The van der Waals surface area contributed by atoms with Gasteiger partial charge in [0.2, 0.25) is 17.7 Å². The summed E-state index contributed by atoms with van der Waals surface area (Å²) in [7, 11) is -0.444. The molecule has 2 atom stereocenters. The summed E-state index contributed by atoms with van der Waals surface area (Å²) in [4.78, 5) is 23.9. The van der Waals surface area contributed by atoms with E-state index in [0.717, 1.165) is 0 Å². The number of alkyl halides is 1. The number of amides is 2. The summed E-state index contributed by atoms with van der Waals surface area (Å²) in [5.41, 5.74) is -0.00917. The number of carbonyl (C=O) groups is 1. The maximum Gasteiger partial charge on any atom is 0.335 e. The Hall–Kier alpha value is -3.10. The smallest absolute Gasteiger partial charge is 0.335 e. The molecule has 2 aromatic rings. The van der Waals surface area contributed by atoms with E-state index < -0.39 is 35.1 Å². The second-order valence-electron chi connectivity index (χ2n) is 6.08. The van der Waals surface area contributed by atoms with Crippen molar-refractivity contribution in [3.8, 4) is 11.8 Å². The van der Waals surface area contributed by atoms with Gasteiger partial charge in [-0.25, -0.2) is 22.3 Å². The predicted octanol–water partition coefficient (Wildman–Crippen LogP) is 1.81. The number of nitrogens with zero attached hydrogens (tertiary/aromatic N) is 3. The van der Waals surface area contributed by atoms with E-state index in [9.17, 15) is 17.6 Å². The number of sulfonamides is 1. The van der Waals surface area contributed by atoms with Gasteiger partial charge in [-0.15, -0.1) is 0 Å². The number of carbonyl (C=O) groups excluding carboxylic acids is 1. The molecule has 14 heteroatoms. The van der Waals surface area contributed by atoms with Crippen molar-refractivity contribution in [1.29, 1.82) is 0 Å². The molecular formula is C18H24FN5O7S. The largest absolute Gasteiger partial charge is 0.481 e. The van der Waals surface area contributed by atoms with Gasteiger partial charge in [0.1, 0.15) is 17.7 Å². The van der Waals surface area contributed by atoms with E-state index in [-0.39, 0.29) is 34.7 Å². The molecule has 2 rings (SSSR count). The Bertz CT molecular complexity index is 998.